The van der Waals surface area contributed by atoms with Gasteiger partial charge in [0.25, 0.3) is 0 Å². The van der Waals surface area contributed by atoms with Crippen LogP contribution in [0, 0.1) is 11.3 Å². The number of nitrogens with zero attached hydrogens (tertiary/aromatic N) is 6. The van der Waals surface area contributed by atoms with E-state index in [1.165, 1.54) is 6.20 Å². The van der Waals surface area contributed by atoms with E-state index in [0.717, 1.165) is 5.69 Å². The summed E-state index contributed by atoms with van der Waals surface area (Å²) < 4.78 is 12.2. The number of hydrogen-bond donors (Lipinski definition) is 1. The van der Waals surface area contributed by atoms with Gasteiger partial charge in [-0.1, -0.05) is 0 Å². The van der Waals surface area contributed by atoms with Gasteiger partial charge in [-0.25, -0.2) is 4.52 Å². The molecule has 9 heteroatoms. The van der Waals surface area contributed by atoms with Gasteiger partial charge < -0.3 is 14.8 Å². The number of benzene rings is 1. The zero-order valence-corrected chi connectivity index (χ0v) is 15.1. The molecule has 0 radical (unpaired) electrons. The number of nitrogens with one attached hydrogen (secondary N) is 1. The van der Waals surface area contributed by atoms with E-state index in [2.05, 4.69) is 31.4 Å². The fourth-order valence-electron chi connectivity index (χ4n) is 2.75. The fourth-order valence-corrected chi connectivity index (χ4v) is 2.75. The molecule has 0 aliphatic rings. The molecule has 4 aromatic rings. The lowest BCUT2D eigenvalue weighted by atomic mass is 10.1. The molecule has 0 saturated carbocycles. The quantitative estimate of drug-likeness (QED) is 0.569. The molecule has 0 saturated heterocycles. The molecule has 4 rings (SSSR count). The molecule has 0 spiro atoms. The van der Waals surface area contributed by atoms with Crippen molar-refractivity contribution in [2.24, 2.45) is 0 Å². The Morgan fingerprint density at radius 3 is 2.75 bits per heavy atom. The lowest BCUT2D eigenvalue weighted by molar-refractivity contribution is 0.355. The molecule has 1 aromatic carbocycles. The molecule has 0 aliphatic carbocycles. The maximum Gasteiger partial charge on any atom is 0.247 e. The first-order valence-electron chi connectivity index (χ1n) is 8.28. The summed E-state index contributed by atoms with van der Waals surface area (Å²) in [6.45, 7) is 0. The Bertz CT molecular complexity index is 1200. The van der Waals surface area contributed by atoms with Crippen LogP contribution in [0.25, 0.3) is 16.9 Å². The van der Waals surface area contributed by atoms with Gasteiger partial charge in [0, 0.05) is 42.1 Å². The maximum absolute atomic E-state index is 9.10. The van der Waals surface area contributed by atoms with Gasteiger partial charge in [0.15, 0.2) is 17.1 Å². The Morgan fingerprint density at radius 2 is 1.96 bits per heavy atom. The van der Waals surface area contributed by atoms with Crippen molar-refractivity contribution in [3.05, 3.63) is 54.6 Å². The minimum Gasteiger partial charge on any atom is -0.493 e. The van der Waals surface area contributed by atoms with Gasteiger partial charge in [-0.3, -0.25) is 9.97 Å². The zero-order chi connectivity index (χ0) is 19.5. The normalized spacial score (nSPS) is 10.5. The van der Waals surface area contributed by atoms with Gasteiger partial charge >= 0.3 is 0 Å². The minimum absolute atomic E-state index is 0.394. The van der Waals surface area contributed by atoms with Crippen molar-refractivity contribution in [2.45, 2.75) is 0 Å². The van der Waals surface area contributed by atoms with Crippen molar-refractivity contribution < 1.29 is 9.47 Å². The highest BCUT2D eigenvalue weighted by molar-refractivity contribution is 5.74. The summed E-state index contributed by atoms with van der Waals surface area (Å²) in [5, 5.41) is 16.7. The summed E-state index contributed by atoms with van der Waals surface area (Å²) in [5.74, 6) is 1.62. The first-order chi connectivity index (χ1) is 13.7. The lowest BCUT2D eigenvalue weighted by Crippen LogP contribution is -1.96. The Balaban J connectivity index is 1.72. The number of ether oxygens (including phenoxy) is 2. The van der Waals surface area contributed by atoms with E-state index in [9.17, 15) is 0 Å². The predicted molar refractivity (Wildman–Crippen MR) is 102 cm³/mol. The van der Waals surface area contributed by atoms with E-state index in [4.69, 9.17) is 14.7 Å². The van der Waals surface area contributed by atoms with Crippen LogP contribution in [0.5, 0.6) is 11.5 Å². The lowest BCUT2D eigenvalue weighted by Gasteiger charge is -2.09. The van der Waals surface area contributed by atoms with E-state index in [0.29, 0.717) is 39.9 Å². The Hall–Kier alpha value is -4.19. The standard InChI is InChI=1S/C19H15N7O2/c1-27-15-4-3-14(8-16(15)28-2)23-19-24-18-17(22-5-6-26(18)25-19)13-7-12(9-20)10-21-11-13/h3-8,10-11H,1-2H3,(H,23,25). The fraction of sp³-hybridized carbons (Fsp3) is 0.105. The third-order valence-corrected chi connectivity index (χ3v) is 4.04. The monoisotopic (exact) mass is 373 g/mol. The Labute approximate surface area is 160 Å². The van der Waals surface area contributed by atoms with E-state index < -0.39 is 0 Å². The van der Waals surface area contributed by atoms with Crippen molar-refractivity contribution in [3.63, 3.8) is 0 Å². The molecule has 0 atom stereocenters. The smallest absolute Gasteiger partial charge is 0.247 e. The largest absolute Gasteiger partial charge is 0.493 e. The number of aromatic nitrogens is 5. The molecule has 3 aromatic heterocycles. The summed E-state index contributed by atoms with van der Waals surface area (Å²) in [4.78, 5) is 13.0. The number of nitriles is 1. The number of rotatable bonds is 5. The molecule has 28 heavy (non-hydrogen) atoms. The molecule has 9 nitrogen and oxygen atoms in total. The predicted octanol–water partition coefficient (Wildman–Crippen LogP) is 2.82. The number of anilines is 2. The Kier molecular flexibility index (Phi) is 4.43. The minimum atomic E-state index is 0.394. The van der Waals surface area contributed by atoms with Crippen molar-refractivity contribution in [3.8, 4) is 28.8 Å². The molecule has 0 aliphatic heterocycles. The van der Waals surface area contributed by atoms with Gasteiger partial charge in [-0.2, -0.15) is 10.2 Å². The van der Waals surface area contributed by atoms with E-state index >= 15 is 0 Å². The van der Waals surface area contributed by atoms with E-state index in [1.54, 1.807) is 55.5 Å². The van der Waals surface area contributed by atoms with Crippen molar-refractivity contribution >= 4 is 17.3 Å². The molecule has 1 N–H and O–H groups in total. The highest BCUT2D eigenvalue weighted by atomic mass is 16.5. The highest BCUT2D eigenvalue weighted by Gasteiger charge is 2.13. The van der Waals surface area contributed by atoms with Crippen LogP contribution >= 0.6 is 0 Å². The molecule has 0 amide bonds. The first kappa shape index (κ1) is 17.2. The number of methoxy groups -OCH3 is 2. The molecular weight excluding hydrogens is 358 g/mol. The summed E-state index contributed by atoms with van der Waals surface area (Å²) in [7, 11) is 3.16. The third kappa shape index (κ3) is 3.14. The van der Waals surface area contributed by atoms with Crippen LogP contribution in [-0.4, -0.2) is 38.8 Å². The van der Waals surface area contributed by atoms with Gasteiger partial charge in [-0.05, 0) is 18.2 Å². The SMILES string of the molecule is COc1ccc(Nc2nc3c(-c4cncc(C#N)c4)nccn3n2)cc1OC. The third-order valence-electron chi connectivity index (χ3n) is 4.04. The molecule has 138 valence electrons. The molecule has 3 heterocycles. The summed E-state index contributed by atoms with van der Waals surface area (Å²) >= 11 is 0. The zero-order valence-electron chi connectivity index (χ0n) is 15.1. The highest BCUT2D eigenvalue weighted by Crippen LogP contribution is 2.31. The van der Waals surface area contributed by atoms with Crippen LogP contribution in [0.4, 0.5) is 11.6 Å². The summed E-state index contributed by atoms with van der Waals surface area (Å²) in [5.41, 5.74) is 3.01. The number of pyridine rings is 1. The second-order valence-electron chi connectivity index (χ2n) is 5.75. The van der Waals surface area contributed by atoms with Crippen LogP contribution in [0.1, 0.15) is 5.56 Å². The van der Waals surface area contributed by atoms with Gasteiger partial charge in [0.2, 0.25) is 5.95 Å². The molecule has 0 fully saturated rings. The van der Waals surface area contributed by atoms with Crippen molar-refractivity contribution in [2.75, 3.05) is 19.5 Å². The molecule has 0 bridgehead atoms. The van der Waals surface area contributed by atoms with Crippen LogP contribution in [-0.2, 0) is 0 Å². The van der Waals surface area contributed by atoms with Gasteiger partial charge in [0.05, 0.1) is 19.8 Å². The van der Waals surface area contributed by atoms with Crippen LogP contribution < -0.4 is 14.8 Å². The first-order valence-corrected chi connectivity index (χ1v) is 8.28. The van der Waals surface area contributed by atoms with E-state index in [1.807, 2.05) is 6.07 Å². The molecule has 0 unspecified atom stereocenters. The Morgan fingerprint density at radius 1 is 1.11 bits per heavy atom. The topological polar surface area (TPSA) is 110 Å². The summed E-state index contributed by atoms with van der Waals surface area (Å²) in [6, 6.07) is 9.22. The maximum atomic E-state index is 9.10. The second-order valence-corrected chi connectivity index (χ2v) is 5.75. The van der Waals surface area contributed by atoms with Crippen molar-refractivity contribution in [1.82, 2.24) is 24.6 Å². The van der Waals surface area contributed by atoms with Crippen LogP contribution in [0.3, 0.4) is 0 Å². The van der Waals surface area contributed by atoms with Crippen LogP contribution in [0.15, 0.2) is 49.1 Å². The van der Waals surface area contributed by atoms with E-state index in [-0.39, 0.29) is 0 Å². The summed E-state index contributed by atoms with van der Waals surface area (Å²) in [6.07, 6.45) is 6.46. The van der Waals surface area contributed by atoms with Gasteiger partial charge in [0.1, 0.15) is 11.8 Å². The average molecular weight is 373 g/mol. The van der Waals surface area contributed by atoms with Gasteiger partial charge in [-0.15, -0.1) is 5.10 Å². The number of hydrogen-bond acceptors (Lipinski definition) is 8. The number of fused-ring (bicyclic) bond motifs is 1. The van der Waals surface area contributed by atoms with Crippen LogP contribution in [0.2, 0.25) is 0 Å². The average Bonchev–Trinajstić information content (AvgIpc) is 3.16. The second kappa shape index (κ2) is 7.20. The van der Waals surface area contributed by atoms with Crippen molar-refractivity contribution in [1.29, 1.82) is 5.26 Å². The molecular formula is C19H15N7O2.